The van der Waals surface area contributed by atoms with Crippen LogP contribution in [0.25, 0.3) is 0 Å². The second kappa shape index (κ2) is 15.9. The first-order valence-electron chi connectivity index (χ1n) is 18.6. The fourth-order valence-corrected chi connectivity index (χ4v) is 10.3. The zero-order chi connectivity index (χ0) is 36.4. The van der Waals surface area contributed by atoms with Crippen molar-refractivity contribution in [3.63, 3.8) is 0 Å². The van der Waals surface area contributed by atoms with Crippen LogP contribution in [0.5, 0.6) is 5.75 Å². The maximum Gasteiger partial charge on any atom is 0.407 e. The Morgan fingerprint density at radius 3 is 2.28 bits per heavy atom. The van der Waals surface area contributed by atoms with Crippen molar-refractivity contribution in [1.82, 2.24) is 5.32 Å². The standard InChI is InChI=1S/C39H54F5NO5/c1-22(2)7-6-8-23(3)27-11-12-28-26-10-9-24-21-25(13-16-38(24,4)29(26)14-17-39(27,28)5)49-37(47)45-18-20-48-19-15-30(46)50-36-34(43)32(41)31(40)33(42)35(36)44/h9,22-23,25-29H,6-8,10-21H2,1-5H3,(H,45,47)/t23-,25+,26+,27?,28+,29+,38+,39-/m1/s1. The topological polar surface area (TPSA) is 73.9 Å². The third kappa shape index (κ3) is 7.87. The lowest BCUT2D eigenvalue weighted by Gasteiger charge is -2.58. The summed E-state index contributed by atoms with van der Waals surface area (Å²) in [6.07, 6.45) is 14.2. The Morgan fingerprint density at radius 1 is 0.880 bits per heavy atom. The van der Waals surface area contributed by atoms with Crippen LogP contribution in [-0.2, 0) is 14.3 Å². The Kier molecular flexibility index (Phi) is 12.3. The largest absolute Gasteiger partial charge is 0.446 e. The van der Waals surface area contributed by atoms with Gasteiger partial charge in [-0.05, 0) is 91.3 Å². The van der Waals surface area contributed by atoms with Crippen molar-refractivity contribution < 1.29 is 45.8 Å². The van der Waals surface area contributed by atoms with Crippen LogP contribution in [0, 0.1) is 75.4 Å². The third-order valence-electron chi connectivity index (χ3n) is 12.9. The summed E-state index contributed by atoms with van der Waals surface area (Å²) in [6.45, 7) is 12.0. The molecule has 6 nitrogen and oxygen atoms in total. The summed E-state index contributed by atoms with van der Waals surface area (Å²) in [5.74, 6) is -9.56. The van der Waals surface area contributed by atoms with Crippen molar-refractivity contribution in [2.75, 3.05) is 19.8 Å². The van der Waals surface area contributed by atoms with E-state index in [4.69, 9.17) is 9.47 Å². The Balaban J connectivity index is 1.03. The smallest absolute Gasteiger partial charge is 0.407 e. The van der Waals surface area contributed by atoms with Gasteiger partial charge in [-0.3, -0.25) is 4.79 Å². The summed E-state index contributed by atoms with van der Waals surface area (Å²) in [7, 11) is 0. The van der Waals surface area contributed by atoms with Crippen LogP contribution in [-0.4, -0.2) is 37.9 Å². The number of hydrogen-bond acceptors (Lipinski definition) is 5. The molecule has 0 aliphatic heterocycles. The molecular weight excluding hydrogens is 657 g/mol. The average Bonchev–Trinajstić information content (AvgIpc) is 3.43. The van der Waals surface area contributed by atoms with Crippen LogP contribution in [0.3, 0.4) is 0 Å². The molecular formula is C39H54F5NO5. The van der Waals surface area contributed by atoms with E-state index in [-0.39, 0.29) is 31.3 Å². The van der Waals surface area contributed by atoms with E-state index in [1.165, 1.54) is 50.5 Å². The highest BCUT2D eigenvalue weighted by atomic mass is 19.2. The van der Waals surface area contributed by atoms with E-state index in [0.717, 1.165) is 55.3 Å². The quantitative estimate of drug-likeness (QED) is 0.0420. The van der Waals surface area contributed by atoms with E-state index < -0.39 is 53.3 Å². The van der Waals surface area contributed by atoms with Crippen LogP contribution < -0.4 is 10.1 Å². The molecule has 0 heterocycles. The van der Waals surface area contributed by atoms with E-state index in [1.807, 2.05) is 0 Å². The minimum absolute atomic E-state index is 0.000464. The molecule has 0 spiro atoms. The molecule has 0 bridgehead atoms. The van der Waals surface area contributed by atoms with Gasteiger partial charge in [-0.1, -0.05) is 65.5 Å². The lowest BCUT2D eigenvalue weighted by atomic mass is 9.47. The molecule has 4 aliphatic carbocycles. The van der Waals surface area contributed by atoms with Gasteiger partial charge in [0.25, 0.3) is 0 Å². The number of carbonyl (C=O) groups excluding carboxylic acids is 2. The lowest BCUT2D eigenvalue weighted by Crippen LogP contribution is -2.51. The first-order valence-corrected chi connectivity index (χ1v) is 18.6. The number of fused-ring (bicyclic) bond motifs is 5. The zero-order valence-corrected chi connectivity index (χ0v) is 30.2. The summed E-state index contributed by atoms with van der Waals surface area (Å²) in [5.41, 5.74) is 2.02. The summed E-state index contributed by atoms with van der Waals surface area (Å²) in [4.78, 5) is 24.4. The summed E-state index contributed by atoms with van der Waals surface area (Å²) >= 11 is 0. The van der Waals surface area contributed by atoms with Gasteiger partial charge in [0, 0.05) is 13.0 Å². The minimum atomic E-state index is -2.35. The maximum absolute atomic E-state index is 13.7. The van der Waals surface area contributed by atoms with Gasteiger partial charge in [0.05, 0.1) is 19.6 Å². The van der Waals surface area contributed by atoms with Crippen LogP contribution in [0.15, 0.2) is 11.6 Å². The molecule has 1 unspecified atom stereocenters. The first-order chi connectivity index (χ1) is 23.7. The van der Waals surface area contributed by atoms with Crippen LogP contribution in [0.4, 0.5) is 26.7 Å². The van der Waals surface area contributed by atoms with E-state index >= 15 is 0 Å². The third-order valence-corrected chi connectivity index (χ3v) is 12.9. The molecule has 1 aromatic rings. The van der Waals surface area contributed by atoms with Crippen molar-refractivity contribution in [3.05, 3.63) is 40.7 Å². The summed E-state index contributed by atoms with van der Waals surface area (Å²) in [5, 5.41) is 2.64. The zero-order valence-electron chi connectivity index (χ0n) is 30.2. The lowest BCUT2D eigenvalue weighted by molar-refractivity contribution is -0.136. The molecule has 280 valence electrons. The van der Waals surface area contributed by atoms with Crippen LogP contribution in [0.1, 0.15) is 112 Å². The summed E-state index contributed by atoms with van der Waals surface area (Å²) < 4.78 is 82.6. The number of alkyl carbamates (subject to hydrolysis) is 1. The van der Waals surface area contributed by atoms with Crippen molar-refractivity contribution in [1.29, 1.82) is 0 Å². The first kappa shape index (κ1) is 38.5. The van der Waals surface area contributed by atoms with E-state index in [9.17, 15) is 31.5 Å². The molecule has 1 aromatic carbocycles. The van der Waals surface area contributed by atoms with Crippen molar-refractivity contribution in [2.45, 2.75) is 118 Å². The molecule has 1 amide bonds. The SMILES string of the molecule is CC(C)CCC[C@@H](C)C1CC[C@H]2[C@@H]3CC=C4C[C@@H](OC(=O)NCCOCCC(=O)Oc5c(F)c(F)c(F)c(F)c5F)CC[C@]4(C)[C@H]3CC[C@]12C. The number of carbonyl (C=O) groups is 2. The summed E-state index contributed by atoms with van der Waals surface area (Å²) in [6, 6.07) is 0. The van der Waals surface area contributed by atoms with Gasteiger partial charge in [-0.25, -0.2) is 18.0 Å². The van der Waals surface area contributed by atoms with Gasteiger partial charge in [-0.15, -0.1) is 0 Å². The fourth-order valence-electron chi connectivity index (χ4n) is 10.3. The number of ether oxygens (including phenoxy) is 3. The fraction of sp³-hybridized carbons (Fsp3) is 0.744. The highest BCUT2D eigenvalue weighted by Crippen LogP contribution is 2.67. The predicted molar refractivity (Wildman–Crippen MR) is 179 cm³/mol. The Hall–Kier alpha value is -2.69. The number of nitrogens with one attached hydrogen (secondary N) is 1. The number of hydrogen-bond donors (Lipinski definition) is 1. The number of amides is 1. The number of halogens is 5. The van der Waals surface area contributed by atoms with Gasteiger partial charge >= 0.3 is 12.1 Å². The molecule has 4 aliphatic rings. The molecule has 50 heavy (non-hydrogen) atoms. The van der Waals surface area contributed by atoms with Gasteiger partial charge in [0.15, 0.2) is 0 Å². The highest BCUT2D eigenvalue weighted by Gasteiger charge is 2.59. The molecule has 3 saturated carbocycles. The molecule has 0 aromatic heterocycles. The molecule has 0 saturated heterocycles. The van der Waals surface area contributed by atoms with Gasteiger partial charge < -0.3 is 19.5 Å². The number of esters is 1. The van der Waals surface area contributed by atoms with E-state index in [2.05, 4.69) is 50.7 Å². The van der Waals surface area contributed by atoms with Crippen molar-refractivity contribution >= 4 is 12.1 Å². The molecule has 8 atom stereocenters. The van der Waals surface area contributed by atoms with Gasteiger partial charge in [-0.2, -0.15) is 8.78 Å². The normalized spacial score (nSPS) is 30.9. The molecule has 5 rings (SSSR count). The Labute approximate surface area is 293 Å². The molecule has 0 radical (unpaired) electrons. The molecule has 1 N–H and O–H groups in total. The van der Waals surface area contributed by atoms with Crippen LogP contribution in [0.2, 0.25) is 0 Å². The predicted octanol–water partition coefficient (Wildman–Crippen LogP) is 9.83. The average molecular weight is 712 g/mol. The molecule has 11 heteroatoms. The maximum atomic E-state index is 13.7. The van der Waals surface area contributed by atoms with E-state index in [0.29, 0.717) is 11.3 Å². The van der Waals surface area contributed by atoms with Crippen LogP contribution >= 0.6 is 0 Å². The van der Waals surface area contributed by atoms with Gasteiger partial charge in [0.1, 0.15) is 6.10 Å². The minimum Gasteiger partial charge on any atom is -0.446 e. The van der Waals surface area contributed by atoms with Crippen molar-refractivity contribution in [3.8, 4) is 5.75 Å². The second-order valence-corrected chi connectivity index (χ2v) is 16.2. The number of rotatable bonds is 13. The Bertz CT molecular complexity index is 1410. The van der Waals surface area contributed by atoms with E-state index in [1.54, 1.807) is 0 Å². The monoisotopic (exact) mass is 711 g/mol. The number of allylic oxidation sites excluding steroid dienone is 1. The number of benzene rings is 1. The van der Waals surface area contributed by atoms with Crippen molar-refractivity contribution in [2.24, 2.45) is 46.3 Å². The second-order valence-electron chi connectivity index (χ2n) is 16.2. The highest BCUT2D eigenvalue weighted by molar-refractivity contribution is 5.72. The Morgan fingerprint density at radius 2 is 1.58 bits per heavy atom. The molecule has 3 fully saturated rings. The van der Waals surface area contributed by atoms with Gasteiger partial charge in [0.2, 0.25) is 34.8 Å².